The minimum absolute atomic E-state index is 0.0182. The molecular formula is C14H19N3O. The summed E-state index contributed by atoms with van der Waals surface area (Å²) in [5.41, 5.74) is 6.97. The maximum Gasteiger partial charge on any atom is 0.251 e. The number of fused-ring (bicyclic) bond motifs is 2. The van der Waals surface area contributed by atoms with E-state index in [2.05, 4.69) is 10.3 Å². The lowest BCUT2D eigenvalue weighted by atomic mass is 9.95. The maximum atomic E-state index is 12.2. The predicted molar refractivity (Wildman–Crippen MR) is 68.8 cm³/mol. The first kappa shape index (κ1) is 11.7. The number of nitrogens with two attached hydrogens (primary N) is 1. The zero-order valence-electron chi connectivity index (χ0n) is 10.4. The Labute approximate surface area is 107 Å². The van der Waals surface area contributed by atoms with Gasteiger partial charge in [-0.2, -0.15) is 0 Å². The Balaban J connectivity index is 1.67. The van der Waals surface area contributed by atoms with Crippen molar-refractivity contribution in [1.29, 1.82) is 0 Å². The van der Waals surface area contributed by atoms with Crippen molar-refractivity contribution in [3.05, 3.63) is 29.6 Å². The van der Waals surface area contributed by atoms with E-state index in [4.69, 9.17) is 5.73 Å². The second kappa shape index (κ2) is 4.69. The zero-order valence-corrected chi connectivity index (χ0v) is 10.4. The molecule has 0 saturated heterocycles. The quantitative estimate of drug-likeness (QED) is 0.847. The molecule has 1 amide bonds. The SMILES string of the molecule is NCc1cc(C(=O)NC2CC3CCC2C3)ccn1. The summed E-state index contributed by atoms with van der Waals surface area (Å²) in [5.74, 6) is 1.57. The molecule has 2 aliphatic rings. The number of hydrogen-bond donors (Lipinski definition) is 2. The molecule has 0 radical (unpaired) electrons. The van der Waals surface area contributed by atoms with Crippen molar-refractivity contribution in [2.24, 2.45) is 17.6 Å². The van der Waals surface area contributed by atoms with Crippen molar-refractivity contribution < 1.29 is 4.79 Å². The van der Waals surface area contributed by atoms with Crippen LogP contribution < -0.4 is 11.1 Å². The molecule has 2 saturated carbocycles. The van der Waals surface area contributed by atoms with Crippen LogP contribution in [0.1, 0.15) is 41.7 Å². The summed E-state index contributed by atoms with van der Waals surface area (Å²) in [7, 11) is 0. The summed E-state index contributed by atoms with van der Waals surface area (Å²) in [4.78, 5) is 16.3. The molecule has 1 aromatic rings. The Kier molecular flexibility index (Phi) is 3.04. The van der Waals surface area contributed by atoms with E-state index in [0.29, 0.717) is 24.1 Å². The summed E-state index contributed by atoms with van der Waals surface area (Å²) in [5, 5.41) is 3.17. The van der Waals surface area contributed by atoms with Gasteiger partial charge in [0.1, 0.15) is 0 Å². The molecule has 3 unspecified atom stereocenters. The largest absolute Gasteiger partial charge is 0.349 e. The number of nitrogens with one attached hydrogen (secondary N) is 1. The van der Waals surface area contributed by atoms with Crippen LogP contribution in [-0.2, 0) is 6.54 Å². The second-order valence-corrected chi connectivity index (χ2v) is 5.49. The van der Waals surface area contributed by atoms with Crippen LogP contribution in [-0.4, -0.2) is 16.9 Å². The number of rotatable bonds is 3. The van der Waals surface area contributed by atoms with Crippen molar-refractivity contribution >= 4 is 5.91 Å². The van der Waals surface area contributed by atoms with Gasteiger partial charge in [0.15, 0.2) is 0 Å². The molecule has 3 atom stereocenters. The molecule has 4 nitrogen and oxygen atoms in total. The van der Waals surface area contributed by atoms with Crippen LogP contribution in [0.5, 0.6) is 0 Å². The first-order valence-corrected chi connectivity index (χ1v) is 6.72. The molecule has 3 rings (SSSR count). The first-order valence-electron chi connectivity index (χ1n) is 6.72. The fourth-order valence-electron chi connectivity index (χ4n) is 3.40. The normalized spacial score (nSPS) is 29.5. The van der Waals surface area contributed by atoms with Crippen LogP contribution in [0.3, 0.4) is 0 Å². The molecule has 96 valence electrons. The minimum atomic E-state index is 0.0182. The molecule has 3 N–H and O–H groups in total. The lowest BCUT2D eigenvalue weighted by Crippen LogP contribution is -2.38. The van der Waals surface area contributed by atoms with E-state index in [1.54, 1.807) is 18.3 Å². The zero-order chi connectivity index (χ0) is 12.5. The molecular weight excluding hydrogens is 226 g/mol. The number of hydrogen-bond acceptors (Lipinski definition) is 3. The molecule has 1 heterocycles. The van der Waals surface area contributed by atoms with E-state index < -0.39 is 0 Å². The Morgan fingerprint density at radius 1 is 1.44 bits per heavy atom. The van der Waals surface area contributed by atoms with Gasteiger partial charge >= 0.3 is 0 Å². The van der Waals surface area contributed by atoms with E-state index in [1.807, 2.05) is 0 Å². The second-order valence-electron chi connectivity index (χ2n) is 5.49. The number of amides is 1. The molecule has 2 aliphatic carbocycles. The summed E-state index contributed by atoms with van der Waals surface area (Å²) in [6.45, 7) is 0.370. The van der Waals surface area contributed by atoms with E-state index in [0.717, 1.165) is 18.0 Å². The summed E-state index contributed by atoms with van der Waals surface area (Å²) in [6.07, 6.45) is 6.74. The number of aromatic nitrogens is 1. The van der Waals surface area contributed by atoms with Gasteiger partial charge < -0.3 is 11.1 Å². The number of carbonyl (C=O) groups excluding carboxylic acids is 1. The van der Waals surface area contributed by atoms with E-state index in [-0.39, 0.29) is 5.91 Å². The van der Waals surface area contributed by atoms with Crippen molar-refractivity contribution in [2.45, 2.75) is 38.3 Å². The molecule has 4 heteroatoms. The lowest BCUT2D eigenvalue weighted by Gasteiger charge is -2.22. The van der Waals surface area contributed by atoms with Crippen molar-refractivity contribution in [3.63, 3.8) is 0 Å². The standard InChI is InChI=1S/C14H19N3O/c15-8-12-7-11(3-4-16-12)14(18)17-13-6-9-1-2-10(13)5-9/h3-4,7,9-10,13H,1-2,5-6,8,15H2,(H,17,18). The van der Waals surface area contributed by atoms with E-state index >= 15 is 0 Å². The van der Waals surface area contributed by atoms with Crippen LogP contribution >= 0.6 is 0 Å². The fraction of sp³-hybridized carbons (Fsp3) is 0.571. The molecule has 0 aliphatic heterocycles. The van der Waals surface area contributed by atoms with Gasteiger partial charge in [-0.1, -0.05) is 6.42 Å². The molecule has 18 heavy (non-hydrogen) atoms. The van der Waals surface area contributed by atoms with Crippen LogP contribution in [0.4, 0.5) is 0 Å². The highest BCUT2D eigenvalue weighted by Crippen LogP contribution is 2.44. The minimum Gasteiger partial charge on any atom is -0.349 e. The topological polar surface area (TPSA) is 68.0 Å². The Bertz CT molecular complexity index is 460. The fourth-order valence-corrected chi connectivity index (χ4v) is 3.40. The molecule has 1 aromatic heterocycles. The number of carbonyl (C=O) groups is 1. The number of nitrogens with zero attached hydrogens (tertiary/aromatic N) is 1. The third-order valence-electron chi connectivity index (χ3n) is 4.34. The van der Waals surface area contributed by atoms with Crippen molar-refractivity contribution in [2.75, 3.05) is 0 Å². The van der Waals surface area contributed by atoms with Crippen LogP contribution in [0.15, 0.2) is 18.3 Å². The predicted octanol–water partition coefficient (Wildman–Crippen LogP) is 1.46. The van der Waals surface area contributed by atoms with Crippen LogP contribution in [0, 0.1) is 11.8 Å². The average Bonchev–Trinajstić information content (AvgIpc) is 3.01. The first-order chi connectivity index (χ1) is 8.76. The van der Waals surface area contributed by atoms with Gasteiger partial charge in [0.05, 0.1) is 5.69 Å². The molecule has 0 spiro atoms. The van der Waals surface area contributed by atoms with Gasteiger partial charge in [-0.25, -0.2) is 0 Å². The van der Waals surface area contributed by atoms with Crippen LogP contribution in [0.2, 0.25) is 0 Å². The van der Waals surface area contributed by atoms with E-state index in [9.17, 15) is 4.79 Å². The van der Waals surface area contributed by atoms with Gasteiger partial charge in [-0.3, -0.25) is 9.78 Å². The third kappa shape index (κ3) is 2.12. The van der Waals surface area contributed by atoms with Gasteiger partial charge in [0, 0.05) is 24.3 Å². The van der Waals surface area contributed by atoms with E-state index in [1.165, 1.54) is 19.3 Å². The third-order valence-corrected chi connectivity index (χ3v) is 4.34. The summed E-state index contributed by atoms with van der Waals surface area (Å²) >= 11 is 0. The maximum absolute atomic E-state index is 12.2. The van der Waals surface area contributed by atoms with Gasteiger partial charge in [0.25, 0.3) is 5.91 Å². The van der Waals surface area contributed by atoms with Crippen molar-refractivity contribution in [1.82, 2.24) is 10.3 Å². The Morgan fingerprint density at radius 2 is 2.33 bits per heavy atom. The highest BCUT2D eigenvalue weighted by Gasteiger charge is 2.40. The van der Waals surface area contributed by atoms with Gasteiger partial charge in [-0.05, 0) is 43.2 Å². The van der Waals surface area contributed by atoms with Crippen LogP contribution in [0.25, 0.3) is 0 Å². The summed E-state index contributed by atoms with van der Waals surface area (Å²) in [6, 6.07) is 3.91. The Hall–Kier alpha value is -1.42. The molecule has 2 bridgehead atoms. The van der Waals surface area contributed by atoms with Gasteiger partial charge in [-0.15, -0.1) is 0 Å². The molecule has 0 aromatic carbocycles. The average molecular weight is 245 g/mol. The lowest BCUT2D eigenvalue weighted by molar-refractivity contribution is 0.0922. The smallest absolute Gasteiger partial charge is 0.251 e. The van der Waals surface area contributed by atoms with Crippen molar-refractivity contribution in [3.8, 4) is 0 Å². The number of pyridine rings is 1. The summed E-state index contributed by atoms with van der Waals surface area (Å²) < 4.78 is 0. The monoisotopic (exact) mass is 245 g/mol. The Morgan fingerprint density at radius 3 is 3.00 bits per heavy atom. The highest BCUT2D eigenvalue weighted by molar-refractivity contribution is 5.94. The highest BCUT2D eigenvalue weighted by atomic mass is 16.1. The molecule has 2 fully saturated rings. The van der Waals surface area contributed by atoms with Gasteiger partial charge in [0.2, 0.25) is 0 Å².